The monoisotopic (exact) mass is 393 g/mol. The highest BCUT2D eigenvalue weighted by Gasteiger charge is 2.36. The summed E-state index contributed by atoms with van der Waals surface area (Å²) in [6.45, 7) is 0. The number of nitrogens with zero attached hydrogens (tertiary/aromatic N) is 5. The van der Waals surface area contributed by atoms with Gasteiger partial charge in [-0.05, 0) is 34.7 Å². The van der Waals surface area contributed by atoms with Crippen LogP contribution in [0.2, 0.25) is 0 Å². The number of aromatic amines is 1. The van der Waals surface area contributed by atoms with Crippen molar-refractivity contribution < 1.29 is 13.9 Å². The first-order chi connectivity index (χ1) is 14.2. The predicted molar refractivity (Wildman–Crippen MR) is 100 cm³/mol. The quantitative estimate of drug-likeness (QED) is 0.468. The molecule has 0 saturated carbocycles. The lowest BCUT2D eigenvalue weighted by Gasteiger charge is -2.28. The van der Waals surface area contributed by atoms with Gasteiger partial charge in [-0.25, -0.2) is 5.10 Å². The molecule has 4 heterocycles. The Morgan fingerprint density at radius 3 is 2.86 bits per heavy atom. The fourth-order valence-corrected chi connectivity index (χ4v) is 3.47. The smallest absolute Gasteiger partial charge is 0.288 e. The van der Waals surface area contributed by atoms with Crippen LogP contribution in [-0.4, -0.2) is 44.6 Å². The summed E-state index contributed by atoms with van der Waals surface area (Å²) in [5.74, 6) is 2.00. The number of fused-ring (bicyclic) bond motifs is 2. The molecule has 0 radical (unpaired) electrons. The minimum Gasteiger partial charge on any atom is -0.497 e. The Labute approximate surface area is 163 Å². The average Bonchev–Trinajstić information content (AvgIpc) is 3.44. The predicted octanol–water partition coefficient (Wildman–Crippen LogP) is 1.73. The van der Waals surface area contributed by atoms with Crippen molar-refractivity contribution >= 4 is 11.6 Å². The summed E-state index contributed by atoms with van der Waals surface area (Å²) in [5.41, 5.74) is 1.64. The second-order valence-electron chi connectivity index (χ2n) is 6.25. The number of H-pyrrole nitrogens is 1. The molecule has 29 heavy (non-hydrogen) atoms. The van der Waals surface area contributed by atoms with Crippen LogP contribution >= 0.6 is 0 Å². The van der Waals surface area contributed by atoms with Crippen LogP contribution in [0.5, 0.6) is 11.5 Å². The van der Waals surface area contributed by atoms with Gasteiger partial charge in [-0.15, -0.1) is 0 Å². The molecule has 0 spiro atoms. The molecule has 1 atom stereocenters. The number of rotatable bonds is 4. The standard InChI is InChI=1S/C18H15N7O4/c1-27-9-5-6-10(12(8-9)28-2)16-13-14(11-4-3-7-29-11)20-21-17(26)15(13)19-18-22-23-24-25(16)18/h3-8,16H,1-2H3,(H,21,26)(H,19,22,24)/t16-/m0/s1. The minimum absolute atomic E-state index is 0.288. The highest BCUT2D eigenvalue weighted by molar-refractivity contribution is 5.74. The number of aromatic nitrogens is 6. The summed E-state index contributed by atoms with van der Waals surface area (Å²) in [6, 6.07) is 8.32. The van der Waals surface area contributed by atoms with Crippen LogP contribution in [0, 0.1) is 0 Å². The molecule has 1 aliphatic rings. The minimum atomic E-state index is -0.591. The molecule has 1 aliphatic heterocycles. The van der Waals surface area contributed by atoms with E-state index in [1.165, 1.54) is 6.26 Å². The molecule has 0 fully saturated rings. The second-order valence-corrected chi connectivity index (χ2v) is 6.25. The normalized spacial score (nSPS) is 14.6. The maximum atomic E-state index is 12.6. The van der Waals surface area contributed by atoms with Gasteiger partial charge in [0.05, 0.1) is 20.5 Å². The summed E-state index contributed by atoms with van der Waals surface area (Å²) < 4.78 is 18.0. The molecule has 0 saturated heterocycles. The van der Waals surface area contributed by atoms with Crippen LogP contribution in [0.3, 0.4) is 0 Å². The summed E-state index contributed by atoms with van der Waals surface area (Å²) in [7, 11) is 3.14. The van der Waals surface area contributed by atoms with Gasteiger partial charge >= 0.3 is 0 Å². The van der Waals surface area contributed by atoms with Crippen LogP contribution in [-0.2, 0) is 0 Å². The van der Waals surface area contributed by atoms with E-state index in [1.54, 1.807) is 43.2 Å². The van der Waals surface area contributed by atoms with Crippen molar-refractivity contribution in [3.8, 4) is 23.0 Å². The number of hydrogen-bond acceptors (Lipinski definition) is 9. The van der Waals surface area contributed by atoms with Gasteiger partial charge < -0.3 is 19.2 Å². The molecule has 0 bridgehead atoms. The van der Waals surface area contributed by atoms with Crippen molar-refractivity contribution in [3.63, 3.8) is 0 Å². The van der Waals surface area contributed by atoms with E-state index >= 15 is 0 Å². The van der Waals surface area contributed by atoms with E-state index in [-0.39, 0.29) is 5.69 Å². The van der Waals surface area contributed by atoms with E-state index in [0.29, 0.717) is 34.5 Å². The number of methoxy groups -OCH3 is 2. The van der Waals surface area contributed by atoms with E-state index in [9.17, 15) is 4.79 Å². The van der Waals surface area contributed by atoms with Crippen molar-refractivity contribution in [1.29, 1.82) is 0 Å². The van der Waals surface area contributed by atoms with Crippen LogP contribution in [0.4, 0.5) is 11.6 Å². The molecule has 0 unspecified atom stereocenters. The summed E-state index contributed by atoms with van der Waals surface area (Å²) in [5, 5.41) is 21.6. The maximum absolute atomic E-state index is 12.6. The average molecular weight is 393 g/mol. The SMILES string of the molecule is COc1ccc([C@H]2c3c(-c4ccco4)n[nH]c(=O)c3Nc3nnnn32)c(OC)c1. The molecule has 2 N–H and O–H groups in total. The largest absolute Gasteiger partial charge is 0.497 e. The molecule has 3 aromatic heterocycles. The molecule has 4 aromatic rings. The van der Waals surface area contributed by atoms with Gasteiger partial charge in [-0.1, -0.05) is 5.10 Å². The van der Waals surface area contributed by atoms with Gasteiger partial charge in [0.2, 0.25) is 5.95 Å². The van der Waals surface area contributed by atoms with Crippen molar-refractivity contribution in [2.75, 3.05) is 19.5 Å². The fraction of sp³-hybridized carbons (Fsp3) is 0.167. The molecule has 11 heteroatoms. The van der Waals surface area contributed by atoms with Gasteiger partial charge in [0.1, 0.15) is 28.9 Å². The third kappa shape index (κ3) is 2.55. The molecule has 1 aromatic carbocycles. The zero-order valence-corrected chi connectivity index (χ0v) is 15.4. The third-order valence-corrected chi connectivity index (χ3v) is 4.76. The number of hydrogen-bond donors (Lipinski definition) is 2. The molecular weight excluding hydrogens is 378 g/mol. The number of benzene rings is 1. The fourth-order valence-electron chi connectivity index (χ4n) is 3.47. The van der Waals surface area contributed by atoms with Gasteiger partial charge in [-0.2, -0.15) is 9.78 Å². The number of tetrazole rings is 1. The molecule has 11 nitrogen and oxygen atoms in total. The van der Waals surface area contributed by atoms with Crippen molar-refractivity contribution in [2.45, 2.75) is 6.04 Å². The topological polar surface area (TPSA) is 133 Å². The van der Waals surface area contributed by atoms with Crippen LogP contribution in [0.1, 0.15) is 17.2 Å². The number of nitrogens with one attached hydrogen (secondary N) is 2. The summed E-state index contributed by atoms with van der Waals surface area (Å²) in [6.07, 6.45) is 1.54. The first-order valence-corrected chi connectivity index (χ1v) is 8.64. The van der Waals surface area contributed by atoms with Gasteiger partial charge in [0.15, 0.2) is 5.76 Å². The Morgan fingerprint density at radius 1 is 1.21 bits per heavy atom. The van der Waals surface area contributed by atoms with E-state index in [1.807, 2.05) is 6.07 Å². The Kier molecular flexibility index (Phi) is 3.79. The maximum Gasteiger partial charge on any atom is 0.288 e. The summed E-state index contributed by atoms with van der Waals surface area (Å²) >= 11 is 0. The van der Waals surface area contributed by atoms with Gasteiger partial charge in [0, 0.05) is 17.2 Å². The van der Waals surface area contributed by atoms with Crippen LogP contribution < -0.4 is 20.3 Å². The Balaban J connectivity index is 1.83. The van der Waals surface area contributed by atoms with Crippen LogP contribution in [0.25, 0.3) is 11.5 Å². The van der Waals surface area contributed by atoms with E-state index in [2.05, 4.69) is 31.0 Å². The van der Waals surface area contributed by atoms with Crippen molar-refractivity contribution in [1.82, 2.24) is 30.4 Å². The highest BCUT2D eigenvalue weighted by Crippen LogP contribution is 2.44. The zero-order valence-electron chi connectivity index (χ0n) is 15.4. The van der Waals surface area contributed by atoms with Gasteiger partial charge in [-0.3, -0.25) is 4.79 Å². The molecular formula is C18H15N7O4. The molecule has 5 rings (SSSR count). The Hall–Kier alpha value is -4.15. The lowest BCUT2D eigenvalue weighted by Crippen LogP contribution is -2.29. The number of ether oxygens (including phenoxy) is 2. The third-order valence-electron chi connectivity index (χ3n) is 4.76. The second kappa shape index (κ2) is 6.48. The van der Waals surface area contributed by atoms with E-state index in [0.717, 1.165) is 5.56 Å². The van der Waals surface area contributed by atoms with Crippen molar-refractivity contribution in [2.24, 2.45) is 0 Å². The molecule has 0 aliphatic carbocycles. The Bertz CT molecular complexity index is 1250. The van der Waals surface area contributed by atoms with E-state index < -0.39 is 11.6 Å². The Morgan fingerprint density at radius 2 is 2.10 bits per heavy atom. The summed E-state index contributed by atoms with van der Waals surface area (Å²) in [4.78, 5) is 12.6. The number of anilines is 2. The zero-order chi connectivity index (χ0) is 20.0. The lowest BCUT2D eigenvalue weighted by atomic mass is 9.93. The molecule has 0 amide bonds. The van der Waals surface area contributed by atoms with Gasteiger partial charge in [0.25, 0.3) is 5.56 Å². The van der Waals surface area contributed by atoms with Crippen LogP contribution in [0.15, 0.2) is 45.8 Å². The number of furan rings is 1. The first-order valence-electron chi connectivity index (χ1n) is 8.64. The van der Waals surface area contributed by atoms with Crippen molar-refractivity contribution in [3.05, 3.63) is 58.1 Å². The molecule has 146 valence electrons. The highest BCUT2D eigenvalue weighted by atomic mass is 16.5. The first kappa shape index (κ1) is 17.0. The van der Waals surface area contributed by atoms with E-state index in [4.69, 9.17) is 13.9 Å². The lowest BCUT2D eigenvalue weighted by molar-refractivity contribution is 0.386.